The van der Waals surface area contributed by atoms with Crippen LogP contribution in [0, 0.1) is 0 Å². The first-order chi connectivity index (χ1) is 8.72. The van der Waals surface area contributed by atoms with E-state index in [1.54, 1.807) is 0 Å². The lowest BCUT2D eigenvalue weighted by Gasteiger charge is -2.05. The smallest absolute Gasteiger partial charge is 0.220 e. The van der Waals surface area contributed by atoms with Gasteiger partial charge in [-0.1, -0.05) is 12.1 Å². The summed E-state index contributed by atoms with van der Waals surface area (Å²) in [6.07, 6.45) is 1.19. The minimum absolute atomic E-state index is 0. The molecule has 2 aromatic rings. The normalized spacial score (nSPS) is 9.70. The third kappa shape index (κ3) is 4.37. The van der Waals surface area contributed by atoms with Gasteiger partial charge in [-0.05, 0) is 25.1 Å². The molecule has 1 heterocycles. The van der Waals surface area contributed by atoms with Crippen LogP contribution in [-0.4, -0.2) is 22.0 Å². The number of aryl methyl sites for hydroxylation is 1. The lowest BCUT2D eigenvalue weighted by atomic mass is 10.3. The summed E-state index contributed by atoms with van der Waals surface area (Å²) in [7, 11) is 1.96. The summed E-state index contributed by atoms with van der Waals surface area (Å²) in [5.74, 6) is 0.879. The highest BCUT2D eigenvalue weighted by Crippen LogP contribution is 2.13. The molecule has 112 valence electrons. The molecule has 0 spiro atoms. The van der Waals surface area contributed by atoms with E-state index in [1.165, 1.54) is 0 Å². The van der Waals surface area contributed by atoms with Gasteiger partial charge in [0.15, 0.2) is 0 Å². The SMILES string of the molecule is Cl.Cl.Cn1c(CNC(=O)CCCN)nc2ccccc21. The summed E-state index contributed by atoms with van der Waals surface area (Å²) in [4.78, 5) is 16.0. The van der Waals surface area contributed by atoms with Crippen molar-refractivity contribution in [3.8, 4) is 0 Å². The molecule has 5 nitrogen and oxygen atoms in total. The molecule has 0 saturated carbocycles. The van der Waals surface area contributed by atoms with Crippen molar-refractivity contribution in [3.63, 3.8) is 0 Å². The Morgan fingerprint density at radius 2 is 2.05 bits per heavy atom. The quantitative estimate of drug-likeness (QED) is 0.882. The lowest BCUT2D eigenvalue weighted by Crippen LogP contribution is -2.24. The summed E-state index contributed by atoms with van der Waals surface area (Å²) in [5, 5.41) is 2.86. The van der Waals surface area contributed by atoms with Gasteiger partial charge in [0.1, 0.15) is 5.82 Å². The number of halogens is 2. The number of nitrogens with zero attached hydrogens (tertiary/aromatic N) is 2. The number of aromatic nitrogens is 2. The van der Waals surface area contributed by atoms with E-state index in [9.17, 15) is 4.79 Å². The highest BCUT2D eigenvalue weighted by atomic mass is 35.5. The van der Waals surface area contributed by atoms with Crippen LogP contribution >= 0.6 is 24.8 Å². The minimum Gasteiger partial charge on any atom is -0.349 e. The highest BCUT2D eigenvalue weighted by molar-refractivity contribution is 5.85. The molecule has 2 rings (SSSR count). The molecule has 0 bridgehead atoms. The molecule has 3 N–H and O–H groups in total. The van der Waals surface area contributed by atoms with Crippen LogP contribution in [0.2, 0.25) is 0 Å². The zero-order chi connectivity index (χ0) is 13.0. The lowest BCUT2D eigenvalue weighted by molar-refractivity contribution is -0.121. The number of benzene rings is 1. The number of nitrogens with two attached hydrogens (primary N) is 1. The van der Waals surface area contributed by atoms with Gasteiger partial charge < -0.3 is 15.6 Å². The van der Waals surface area contributed by atoms with Gasteiger partial charge in [-0.25, -0.2) is 4.98 Å². The van der Waals surface area contributed by atoms with E-state index in [1.807, 2.05) is 35.9 Å². The van der Waals surface area contributed by atoms with Gasteiger partial charge in [0.2, 0.25) is 5.91 Å². The molecular weight excluding hydrogens is 299 g/mol. The summed E-state index contributed by atoms with van der Waals surface area (Å²) in [6, 6.07) is 7.92. The van der Waals surface area contributed by atoms with E-state index in [0.717, 1.165) is 16.9 Å². The van der Waals surface area contributed by atoms with E-state index in [-0.39, 0.29) is 30.7 Å². The van der Waals surface area contributed by atoms with Crippen molar-refractivity contribution in [1.29, 1.82) is 0 Å². The maximum absolute atomic E-state index is 11.5. The Kier molecular flexibility index (Phi) is 8.22. The molecule has 20 heavy (non-hydrogen) atoms. The van der Waals surface area contributed by atoms with Crippen LogP contribution in [0.1, 0.15) is 18.7 Å². The van der Waals surface area contributed by atoms with Crippen molar-refractivity contribution in [1.82, 2.24) is 14.9 Å². The van der Waals surface area contributed by atoms with Gasteiger partial charge in [-0.15, -0.1) is 24.8 Å². The zero-order valence-corrected chi connectivity index (χ0v) is 13.0. The van der Waals surface area contributed by atoms with Crippen LogP contribution in [-0.2, 0) is 18.4 Å². The van der Waals surface area contributed by atoms with E-state index >= 15 is 0 Å². The van der Waals surface area contributed by atoms with Crippen molar-refractivity contribution < 1.29 is 4.79 Å². The molecule has 1 amide bonds. The monoisotopic (exact) mass is 318 g/mol. The maximum Gasteiger partial charge on any atom is 0.220 e. The number of amides is 1. The van der Waals surface area contributed by atoms with Gasteiger partial charge in [0, 0.05) is 13.5 Å². The zero-order valence-electron chi connectivity index (χ0n) is 11.3. The predicted octanol–water partition coefficient (Wildman–Crippen LogP) is 1.77. The van der Waals surface area contributed by atoms with E-state index < -0.39 is 0 Å². The molecule has 0 aliphatic heterocycles. The van der Waals surface area contributed by atoms with Gasteiger partial charge in [-0.3, -0.25) is 4.79 Å². The predicted molar refractivity (Wildman–Crippen MR) is 85.3 cm³/mol. The van der Waals surface area contributed by atoms with Gasteiger partial charge in [0.05, 0.1) is 17.6 Å². The Balaban J connectivity index is 0.00000180. The molecule has 1 aromatic heterocycles. The molecule has 0 aliphatic rings. The van der Waals surface area contributed by atoms with E-state index in [0.29, 0.717) is 25.9 Å². The second-order valence-electron chi connectivity index (χ2n) is 4.24. The Bertz CT molecular complexity index is 556. The Morgan fingerprint density at radius 3 is 2.70 bits per heavy atom. The number of fused-ring (bicyclic) bond motifs is 1. The largest absolute Gasteiger partial charge is 0.349 e. The first kappa shape index (κ1) is 18.7. The van der Waals surface area contributed by atoms with Crippen LogP contribution in [0.15, 0.2) is 24.3 Å². The Hall–Kier alpha value is -1.30. The summed E-state index contributed by atoms with van der Waals surface area (Å²) >= 11 is 0. The van der Waals surface area contributed by atoms with E-state index in [2.05, 4.69) is 10.3 Å². The third-order valence-corrected chi connectivity index (χ3v) is 2.93. The molecule has 0 saturated heterocycles. The fourth-order valence-corrected chi connectivity index (χ4v) is 1.88. The number of rotatable bonds is 5. The summed E-state index contributed by atoms with van der Waals surface area (Å²) < 4.78 is 2.00. The van der Waals surface area contributed by atoms with Gasteiger partial charge in [-0.2, -0.15) is 0 Å². The van der Waals surface area contributed by atoms with Crippen LogP contribution < -0.4 is 11.1 Å². The summed E-state index contributed by atoms with van der Waals surface area (Å²) in [5.41, 5.74) is 7.39. The number of imidazole rings is 1. The number of carbonyl (C=O) groups is 1. The Labute approximate surface area is 130 Å². The molecular formula is C13H20Cl2N4O. The number of nitrogens with one attached hydrogen (secondary N) is 1. The second kappa shape index (κ2) is 8.79. The fourth-order valence-electron chi connectivity index (χ4n) is 1.88. The van der Waals surface area contributed by atoms with Crippen molar-refractivity contribution >= 4 is 41.8 Å². The maximum atomic E-state index is 11.5. The average Bonchev–Trinajstić information content (AvgIpc) is 2.71. The van der Waals surface area contributed by atoms with Crippen LogP contribution in [0.5, 0.6) is 0 Å². The van der Waals surface area contributed by atoms with Crippen LogP contribution in [0.25, 0.3) is 11.0 Å². The van der Waals surface area contributed by atoms with Crippen LogP contribution in [0.4, 0.5) is 0 Å². The minimum atomic E-state index is 0. The molecule has 0 aliphatic carbocycles. The highest BCUT2D eigenvalue weighted by Gasteiger charge is 2.08. The molecule has 7 heteroatoms. The second-order valence-corrected chi connectivity index (χ2v) is 4.24. The molecule has 1 aromatic carbocycles. The number of hydrogen-bond donors (Lipinski definition) is 2. The average molecular weight is 319 g/mol. The molecule has 0 fully saturated rings. The van der Waals surface area contributed by atoms with Gasteiger partial charge >= 0.3 is 0 Å². The number of carbonyl (C=O) groups excluding carboxylic acids is 1. The molecule has 0 radical (unpaired) electrons. The van der Waals surface area contributed by atoms with Crippen molar-refractivity contribution in [2.45, 2.75) is 19.4 Å². The fraction of sp³-hybridized carbons (Fsp3) is 0.385. The van der Waals surface area contributed by atoms with Crippen molar-refractivity contribution in [2.24, 2.45) is 12.8 Å². The van der Waals surface area contributed by atoms with E-state index in [4.69, 9.17) is 5.73 Å². The first-order valence-electron chi connectivity index (χ1n) is 6.09. The standard InChI is InChI=1S/C13H18N4O.2ClH/c1-17-11-6-3-2-5-10(11)16-12(17)9-15-13(18)7-4-8-14;;/h2-3,5-6H,4,7-9,14H2,1H3,(H,15,18);2*1H. The van der Waals surface area contributed by atoms with Crippen molar-refractivity contribution in [3.05, 3.63) is 30.1 Å². The summed E-state index contributed by atoms with van der Waals surface area (Å²) in [6.45, 7) is 0.994. The topological polar surface area (TPSA) is 72.9 Å². The number of hydrogen-bond acceptors (Lipinski definition) is 3. The van der Waals surface area contributed by atoms with Gasteiger partial charge in [0.25, 0.3) is 0 Å². The molecule has 0 unspecified atom stereocenters. The van der Waals surface area contributed by atoms with Crippen LogP contribution in [0.3, 0.4) is 0 Å². The molecule has 0 atom stereocenters. The first-order valence-corrected chi connectivity index (χ1v) is 6.09. The van der Waals surface area contributed by atoms with Crippen molar-refractivity contribution in [2.75, 3.05) is 6.54 Å². The number of para-hydroxylation sites is 2. The Morgan fingerprint density at radius 1 is 1.35 bits per heavy atom. The third-order valence-electron chi connectivity index (χ3n) is 2.93.